The van der Waals surface area contributed by atoms with Crippen molar-refractivity contribution >= 4 is 132 Å². The number of primary amides is 1. The Morgan fingerprint density at radius 3 is 1.24 bits per heavy atom. The van der Waals surface area contributed by atoms with Crippen molar-refractivity contribution in [1.82, 2.24) is 79.3 Å². The van der Waals surface area contributed by atoms with Gasteiger partial charge >= 0.3 is 5.97 Å². The highest BCUT2D eigenvalue weighted by Crippen LogP contribution is 2.24. The molecule has 0 aromatic heterocycles. The molecule has 1 fully saturated rings. The minimum atomic E-state index is -2.05. The zero-order valence-corrected chi connectivity index (χ0v) is 74.1. The van der Waals surface area contributed by atoms with Crippen molar-refractivity contribution in [2.45, 2.75) is 233 Å². The van der Waals surface area contributed by atoms with E-state index in [2.05, 4.69) is 105 Å². The molecule has 19 atom stereocenters. The molecule has 0 unspecified atom stereocenters. The Bertz CT molecular complexity index is 4130. The van der Waals surface area contributed by atoms with Crippen molar-refractivity contribution in [1.29, 1.82) is 0 Å². The van der Waals surface area contributed by atoms with Crippen molar-refractivity contribution in [2.24, 2.45) is 62.7 Å². The number of aromatic hydroxyl groups is 2. The minimum Gasteiger partial charge on any atom is -0.508 e. The molecule has 2 aromatic rings. The van der Waals surface area contributed by atoms with Crippen molar-refractivity contribution in [3.05, 3.63) is 59.7 Å². The van der Waals surface area contributed by atoms with Gasteiger partial charge in [0, 0.05) is 42.9 Å². The fraction of sp³-hybridized carbons (Fsp3) is 0.615. The molecule has 37 N–H and O–H groups in total. The number of amides is 16. The second kappa shape index (κ2) is 54.7. The van der Waals surface area contributed by atoms with Crippen LogP contribution in [-0.2, 0) is 94.3 Å². The lowest BCUT2D eigenvalue weighted by Gasteiger charge is -2.34. The van der Waals surface area contributed by atoms with Gasteiger partial charge in [-0.2, -0.15) is 25.3 Å². The number of carboxylic acid groups (broad SMARTS) is 1. The number of hydrogen-bond acceptors (Lipinski definition) is 31. The number of phenols is 2. The summed E-state index contributed by atoms with van der Waals surface area (Å²) in [5.41, 5.74) is 46.7. The monoisotopic (exact) mass is 1850 g/mol. The molecule has 2 aromatic carbocycles. The van der Waals surface area contributed by atoms with E-state index in [-0.39, 0.29) is 107 Å². The number of aliphatic hydroxyl groups is 4. The van der Waals surface area contributed by atoms with Gasteiger partial charge in [0.25, 0.3) is 0 Å². The third kappa shape index (κ3) is 36.4. The smallest absolute Gasteiger partial charge is 0.326 e. The van der Waals surface area contributed by atoms with Crippen LogP contribution in [0.3, 0.4) is 0 Å². The molecule has 0 spiro atoms. The Hall–Kier alpha value is -11.4. The summed E-state index contributed by atoms with van der Waals surface area (Å²) in [5.74, 6) is -21.1. The summed E-state index contributed by atoms with van der Waals surface area (Å²) in [6, 6.07) is -15.6. The number of rotatable bonds is 56. The molecule has 1 saturated heterocycles. The minimum absolute atomic E-state index is 0.0909. The van der Waals surface area contributed by atoms with E-state index in [4.69, 9.17) is 45.9 Å². The quantitative estimate of drug-likeness (QED) is 0.0127. The van der Waals surface area contributed by atoms with Crippen LogP contribution < -0.4 is 120 Å². The van der Waals surface area contributed by atoms with E-state index >= 15 is 0 Å². The van der Waals surface area contributed by atoms with Crippen LogP contribution in [0.15, 0.2) is 53.5 Å². The molecule has 3 rings (SSSR count). The lowest BCUT2D eigenvalue weighted by atomic mass is 9.95. The van der Waals surface area contributed by atoms with Crippen molar-refractivity contribution in [2.75, 3.05) is 58.2 Å². The van der Waals surface area contributed by atoms with Crippen LogP contribution in [0.1, 0.15) is 117 Å². The fourth-order valence-corrected chi connectivity index (χ4v) is 13.2. The normalized spacial score (nSPS) is 17.1. The molecule has 1 aliphatic rings. The van der Waals surface area contributed by atoms with E-state index in [9.17, 15) is 117 Å². The van der Waals surface area contributed by atoms with E-state index in [1.165, 1.54) is 62.4 Å². The number of guanidine groups is 1. The van der Waals surface area contributed by atoms with Crippen LogP contribution in [0, 0.1) is 11.8 Å². The summed E-state index contributed by atoms with van der Waals surface area (Å²) in [6.07, 6.45) is -6.45. The second-order valence-corrected chi connectivity index (χ2v) is 33.1. The van der Waals surface area contributed by atoms with Crippen molar-refractivity contribution < 1.29 is 117 Å². The Kier molecular flexibility index (Phi) is 47.4. The van der Waals surface area contributed by atoms with Gasteiger partial charge in [-0.15, -0.1) is 0 Å². The SMILES string of the molecule is CC[C@H](C)[C@H](NC(=O)[C@@H]1C[C@@H](O)CN1C(=O)[C@@H](N)C(C)C)C(=O)N[C@H](C(=O)N[C@@H](Cc1ccc(O)cc1)C(=O)N[C@@H](CO)C(=O)N[C@@H](CC(N)=O)C(=O)N[C@@H](CCCN=C(N)N)C(=O)N[C@@H](CCN)C(=O)N[C@H](C(=O)N[C@H](CCN)C(=O)N[C@@H](CO)C(=O)N[C@@H](CCN)C(=O)N[C@@H](CCN)C(=O)N[C@@H](CS)C(=O)N[C@@H](Cc1ccc(O)cc1)C(=O)O)[C@@H](C)O)C(C)(C)S. The standard InChI is InChI=1S/C78H128N24O24S2/c1-8-37(4)58(99-71(120)55-30-43(108)32-102(55)75(124)57(84)36(2)3)72(121)101-60(78(6,7)128)74(123)94-49(28-39-11-15-41(106)16-12-39)66(115)97-53(34-104)69(118)93-50(31-56(83)109)67(116)88-44(10-9-27-87-77(85)86)61(110)90-48(22-26-82)65(114)100-59(38(5)105)73(122)92-47(21-25-81)63(112)96-52(33-103)68(117)91-45(19-23-79)62(111)89-46(20-24-80)64(113)98-54(35-127)70(119)95-51(76(125)126)29-40-13-17-42(107)18-14-40/h11-18,36-38,43-55,57-60,103-108,127-128H,8-10,19-35,79-82,84H2,1-7H3,(H2,83,109)(H,88,116)(H,89,111)(H,90,110)(H,91,117)(H,92,122)(H,93,118)(H,94,123)(H,95,119)(H,96,112)(H,97,115)(H,98,113)(H,99,120)(H,100,114)(H,101,121)(H,125,126)(H4,85,86,87)/t37-,38+,43+,44-,45-,46-,47+,48-,49-,50-,51-,52-,53-,54-,55-,57-,58-,59-,60+/m0/s1. The number of thiol groups is 2. The van der Waals surface area contributed by atoms with Crippen LogP contribution in [0.4, 0.5) is 0 Å². The third-order valence-corrected chi connectivity index (χ3v) is 21.0. The lowest BCUT2D eigenvalue weighted by Crippen LogP contribution is -2.64. The number of carbonyl (C=O) groups is 17. The first kappa shape index (κ1) is 111. The highest BCUT2D eigenvalue weighted by Gasteiger charge is 2.46. The molecule has 1 aliphatic heterocycles. The number of likely N-dealkylation sites (tertiary alicyclic amines) is 1. The van der Waals surface area contributed by atoms with E-state index in [0.717, 1.165) is 11.8 Å². The maximum Gasteiger partial charge on any atom is 0.326 e. The maximum absolute atomic E-state index is 14.7. The number of aliphatic imine (C=N–C) groups is 1. The van der Waals surface area contributed by atoms with Gasteiger partial charge in [-0.05, 0) is 133 Å². The molecule has 48 nitrogen and oxygen atoms in total. The van der Waals surface area contributed by atoms with E-state index in [1.54, 1.807) is 27.7 Å². The molecule has 1 heterocycles. The first-order valence-corrected chi connectivity index (χ1v) is 42.4. The summed E-state index contributed by atoms with van der Waals surface area (Å²) in [6.45, 7) is 6.62. The van der Waals surface area contributed by atoms with Crippen molar-refractivity contribution in [3.63, 3.8) is 0 Å². The van der Waals surface area contributed by atoms with E-state index < -0.39 is 271 Å². The summed E-state index contributed by atoms with van der Waals surface area (Å²) >= 11 is 8.74. The highest BCUT2D eigenvalue weighted by atomic mass is 32.1. The first-order chi connectivity index (χ1) is 60.1. The number of nitrogens with one attached hydrogen (secondary N) is 14. The predicted molar refractivity (Wildman–Crippen MR) is 468 cm³/mol. The summed E-state index contributed by atoms with van der Waals surface area (Å²) < 4.78 is -1.49. The van der Waals surface area contributed by atoms with Crippen LogP contribution in [0.25, 0.3) is 0 Å². The molecule has 16 amide bonds. The topological polar surface area (TPSA) is 824 Å². The number of phenolic OH excluding ortho intramolecular Hbond substituents is 2. The van der Waals surface area contributed by atoms with Gasteiger partial charge < -0.3 is 161 Å². The van der Waals surface area contributed by atoms with Gasteiger partial charge in [0.15, 0.2) is 5.96 Å². The van der Waals surface area contributed by atoms with E-state index in [0.29, 0.717) is 5.56 Å². The Morgan fingerprint density at radius 2 is 0.852 bits per heavy atom. The van der Waals surface area contributed by atoms with Gasteiger partial charge in [0.1, 0.15) is 102 Å². The van der Waals surface area contributed by atoms with Crippen LogP contribution in [0.5, 0.6) is 11.5 Å². The Labute approximate surface area is 749 Å². The number of benzene rings is 2. The number of nitrogens with zero attached hydrogens (tertiary/aromatic N) is 2. The fourth-order valence-electron chi connectivity index (χ4n) is 12.8. The van der Waals surface area contributed by atoms with Gasteiger partial charge in [-0.25, -0.2) is 4.79 Å². The van der Waals surface area contributed by atoms with E-state index in [1.807, 2.05) is 0 Å². The number of nitrogens with two attached hydrogens (primary N) is 8. The summed E-state index contributed by atoms with van der Waals surface area (Å²) in [5, 5.41) is 106. The molecular formula is C78H128N24O24S2. The third-order valence-electron chi connectivity index (χ3n) is 20.4. The molecule has 0 aliphatic carbocycles. The van der Waals surface area contributed by atoms with Crippen LogP contribution >= 0.6 is 25.3 Å². The number of carbonyl (C=O) groups excluding carboxylic acids is 16. The van der Waals surface area contributed by atoms with Gasteiger partial charge in [-0.1, -0.05) is 58.4 Å². The average molecular weight is 1850 g/mol. The molecule has 0 saturated carbocycles. The molecule has 0 bridgehead atoms. The predicted octanol–water partition coefficient (Wildman–Crippen LogP) is -11.9. The molecular weight excluding hydrogens is 1720 g/mol. The van der Waals surface area contributed by atoms with Crippen LogP contribution in [0.2, 0.25) is 0 Å². The molecule has 128 heavy (non-hydrogen) atoms. The Balaban J connectivity index is 1.87. The average Bonchev–Trinajstić information content (AvgIpc) is 0.881. The summed E-state index contributed by atoms with van der Waals surface area (Å²) in [4.78, 5) is 241. The largest absolute Gasteiger partial charge is 0.508 e. The zero-order valence-electron chi connectivity index (χ0n) is 72.3. The summed E-state index contributed by atoms with van der Waals surface area (Å²) in [7, 11) is 0. The molecule has 50 heteroatoms. The number of aliphatic carboxylic acids is 1. The molecule has 0 radical (unpaired) electrons. The molecule has 716 valence electrons. The van der Waals surface area contributed by atoms with Crippen LogP contribution in [-0.4, -0.2) is 319 Å². The maximum atomic E-state index is 14.7. The number of hydrogen-bond donors (Lipinski definition) is 31. The Morgan fingerprint density at radius 1 is 0.492 bits per heavy atom. The number of carboxylic acids is 1. The zero-order chi connectivity index (χ0) is 96.7. The van der Waals surface area contributed by atoms with Crippen molar-refractivity contribution in [3.8, 4) is 11.5 Å². The second-order valence-electron chi connectivity index (χ2n) is 31.6. The number of β-amino-alcohol motifs (C(OH)–C–C–N with tert-alkyl or cyclic N) is 1. The lowest BCUT2D eigenvalue weighted by molar-refractivity contribution is -0.142. The highest BCUT2D eigenvalue weighted by molar-refractivity contribution is 7.81. The van der Waals surface area contributed by atoms with Gasteiger partial charge in [0.2, 0.25) is 94.5 Å². The first-order valence-electron chi connectivity index (χ1n) is 41.3. The van der Waals surface area contributed by atoms with Gasteiger partial charge in [-0.3, -0.25) is 81.7 Å². The van der Waals surface area contributed by atoms with Gasteiger partial charge in [0.05, 0.1) is 37.9 Å². The number of aliphatic hydroxyl groups excluding tert-OH is 4.